The van der Waals surface area contributed by atoms with Gasteiger partial charge in [-0.2, -0.15) is 8.42 Å². The molecule has 0 saturated carbocycles. The molecule has 0 amide bonds. The van der Waals surface area contributed by atoms with Gasteiger partial charge in [0, 0.05) is 11.9 Å². The molecule has 0 radical (unpaired) electrons. The second-order valence-electron chi connectivity index (χ2n) is 4.83. The van der Waals surface area contributed by atoms with Crippen molar-refractivity contribution in [3.8, 4) is 0 Å². The lowest BCUT2D eigenvalue weighted by molar-refractivity contribution is 0.590. The zero-order chi connectivity index (χ0) is 15.7. The Balaban J connectivity index is 2.17. The van der Waals surface area contributed by atoms with Crippen molar-refractivity contribution >= 4 is 43.2 Å². The number of halogens is 2. The van der Waals surface area contributed by atoms with Gasteiger partial charge in [0.25, 0.3) is 0 Å². The van der Waals surface area contributed by atoms with Gasteiger partial charge in [-0.05, 0) is 30.7 Å². The number of anilines is 3. The molecule has 0 atom stereocenters. The lowest BCUT2D eigenvalue weighted by Crippen LogP contribution is -2.36. The maximum Gasteiger partial charge on any atom is 0.331 e. The van der Waals surface area contributed by atoms with Crippen LogP contribution in [0.3, 0.4) is 0 Å². The molecule has 0 spiro atoms. The molecule has 1 heterocycles. The number of nitrogens with zero attached hydrogens (tertiary/aromatic N) is 2. The highest BCUT2D eigenvalue weighted by Gasteiger charge is 2.41. The fourth-order valence-electron chi connectivity index (χ4n) is 2.50. The van der Waals surface area contributed by atoms with E-state index in [1.807, 2.05) is 0 Å². The minimum Gasteiger partial charge on any atom is -0.251 e. The Morgan fingerprint density at radius 3 is 2.18 bits per heavy atom. The zero-order valence-corrected chi connectivity index (χ0v) is 14.0. The molecule has 3 rings (SSSR count). The second-order valence-corrected chi connectivity index (χ2v) is 7.32. The predicted octanol–water partition coefficient (Wildman–Crippen LogP) is 3.81. The molecule has 0 saturated heterocycles. The van der Waals surface area contributed by atoms with Crippen molar-refractivity contribution in [2.24, 2.45) is 0 Å². The van der Waals surface area contributed by atoms with E-state index in [0.717, 1.165) is 4.31 Å². The Morgan fingerprint density at radius 1 is 0.955 bits per heavy atom. The molecule has 4 nitrogen and oxygen atoms in total. The van der Waals surface area contributed by atoms with Gasteiger partial charge in [-0.1, -0.05) is 40.2 Å². The number of hydrogen-bond donors (Lipinski definition) is 0. The van der Waals surface area contributed by atoms with Gasteiger partial charge in [0.05, 0.1) is 17.1 Å². The first-order valence-electron chi connectivity index (χ1n) is 6.80. The summed E-state index contributed by atoms with van der Waals surface area (Å²) < 4.78 is 42.3. The summed E-state index contributed by atoms with van der Waals surface area (Å²) in [6.45, 7) is 0.343. The summed E-state index contributed by atoms with van der Waals surface area (Å²) in [5.41, 5.74) is 1.09. The zero-order valence-electron chi connectivity index (χ0n) is 11.6. The quantitative estimate of drug-likeness (QED) is 0.751. The average Bonchev–Trinajstić information content (AvgIpc) is 2.72. The smallest absolute Gasteiger partial charge is 0.251 e. The summed E-state index contributed by atoms with van der Waals surface area (Å²) in [6, 6.07) is 12.8. The van der Waals surface area contributed by atoms with Crippen LogP contribution in [0, 0.1) is 5.82 Å². The number of alkyl halides is 1. The average molecular weight is 385 g/mol. The highest BCUT2D eigenvalue weighted by atomic mass is 79.9. The Labute approximate surface area is 137 Å². The standard InChI is InChI=1S/C15H14BrFN2O2S/c16-10-5-11-18-14-8-3-4-9-15(14)19(22(18,20)21)13-7-2-1-6-12(13)17/h1-4,6-9H,5,10-11H2. The molecule has 0 unspecified atom stereocenters. The first-order chi connectivity index (χ1) is 10.6. The fraction of sp³-hybridized carbons (Fsp3) is 0.200. The highest BCUT2D eigenvalue weighted by Crippen LogP contribution is 2.45. The van der Waals surface area contributed by atoms with E-state index in [2.05, 4.69) is 15.9 Å². The maximum atomic E-state index is 14.1. The van der Waals surface area contributed by atoms with E-state index in [1.54, 1.807) is 30.3 Å². The van der Waals surface area contributed by atoms with Crippen molar-refractivity contribution in [1.29, 1.82) is 0 Å². The van der Waals surface area contributed by atoms with E-state index in [0.29, 0.717) is 29.7 Å². The van der Waals surface area contributed by atoms with Crippen LogP contribution in [0.5, 0.6) is 0 Å². The van der Waals surface area contributed by atoms with E-state index in [1.165, 1.54) is 22.5 Å². The Morgan fingerprint density at radius 2 is 1.55 bits per heavy atom. The first-order valence-corrected chi connectivity index (χ1v) is 9.31. The molecule has 0 bridgehead atoms. The molecule has 2 aromatic rings. The van der Waals surface area contributed by atoms with E-state index in [9.17, 15) is 12.8 Å². The summed E-state index contributed by atoms with van der Waals surface area (Å²) in [5, 5.41) is 0.695. The van der Waals surface area contributed by atoms with Gasteiger partial charge in [0.15, 0.2) is 0 Å². The summed E-state index contributed by atoms with van der Waals surface area (Å²) in [6.07, 6.45) is 0.665. The number of benzene rings is 2. The molecule has 1 aliphatic heterocycles. The number of rotatable bonds is 4. The van der Waals surface area contributed by atoms with Crippen LogP contribution in [0.1, 0.15) is 6.42 Å². The van der Waals surface area contributed by atoms with Crippen LogP contribution in [0.4, 0.5) is 21.5 Å². The van der Waals surface area contributed by atoms with Crippen LogP contribution >= 0.6 is 15.9 Å². The molecule has 116 valence electrons. The molecule has 0 aliphatic carbocycles. The molecule has 7 heteroatoms. The summed E-state index contributed by atoms with van der Waals surface area (Å²) in [5.74, 6) is -0.566. The maximum absolute atomic E-state index is 14.1. The van der Waals surface area contributed by atoms with Gasteiger partial charge in [0.1, 0.15) is 5.82 Å². The van der Waals surface area contributed by atoms with Crippen molar-refractivity contribution in [1.82, 2.24) is 0 Å². The van der Waals surface area contributed by atoms with Gasteiger partial charge in [-0.25, -0.2) is 8.70 Å². The topological polar surface area (TPSA) is 40.6 Å². The van der Waals surface area contributed by atoms with Crippen LogP contribution in [0.2, 0.25) is 0 Å². The molecule has 0 fully saturated rings. The van der Waals surface area contributed by atoms with Crippen LogP contribution in [0.25, 0.3) is 0 Å². The predicted molar refractivity (Wildman–Crippen MR) is 89.7 cm³/mol. The van der Waals surface area contributed by atoms with Gasteiger partial charge in [-0.3, -0.25) is 4.31 Å². The first kappa shape index (κ1) is 15.3. The van der Waals surface area contributed by atoms with Gasteiger partial charge >= 0.3 is 10.2 Å². The molecular weight excluding hydrogens is 371 g/mol. The molecule has 1 aliphatic rings. The van der Waals surface area contributed by atoms with Crippen molar-refractivity contribution < 1.29 is 12.8 Å². The van der Waals surface area contributed by atoms with Crippen LogP contribution in [0.15, 0.2) is 48.5 Å². The summed E-state index contributed by atoms with van der Waals surface area (Å²) in [4.78, 5) is 0. The fourth-order valence-corrected chi connectivity index (χ4v) is 4.51. The van der Waals surface area contributed by atoms with Crippen LogP contribution < -0.4 is 8.61 Å². The van der Waals surface area contributed by atoms with Crippen LogP contribution in [-0.2, 0) is 10.2 Å². The third-order valence-corrected chi connectivity index (χ3v) is 5.80. The Hall–Kier alpha value is -1.60. The minimum atomic E-state index is -3.83. The second kappa shape index (κ2) is 5.89. The molecule has 2 aromatic carbocycles. The Kier molecular flexibility index (Phi) is 4.10. The molecule has 0 aromatic heterocycles. The van der Waals surface area contributed by atoms with Crippen molar-refractivity contribution in [3.63, 3.8) is 0 Å². The third-order valence-electron chi connectivity index (χ3n) is 3.44. The summed E-state index contributed by atoms with van der Waals surface area (Å²) >= 11 is 3.31. The lowest BCUT2D eigenvalue weighted by atomic mass is 10.2. The van der Waals surface area contributed by atoms with E-state index < -0.39 is 16.0 Å². The van der Waals surface area contributed by atoms with E-state index in [-0.39, 0.29) is 5.69 Å². The van der Waals surface area contributed by atoms with Crippen molar-refractivity contribution in [3.05, 3.63) is 54.3 Å². The van der Waals surface area contributed by atoms with E-state index in [4.69, 9.17) is 0 Å². The van der Waals surface area contributed by atoms with E-state index >= 15 is 0 Å². The third kappa shape index (κ3) is 2.38. The minimum absolute atomic E-state index is 0.0382. The van der Waals surface area contributed by atoms with Gasteiger partial charge in [-0.15, -0.1) is 0 Å². The SMILES string of the molecule is O=S1(=O)N(CCCBr)c2ccccc2N1c1ccccc1F. The number of hydrogen-bond acceptors (Lipinski definition) is 2. The molecule has 22 heavy (non-hydrogen) atoms. The van der Waals surface area contributed by atoms with Crippen LogP contribution in [-0.4, -0.2) is 20.3 Å². The summed E-state index contributed by atoms with van der Waals surface area (Å²) in [7, 11) is -3.83. The van der Waals surface area contributed by atoms with Gasteiger partial charge in [0.2, 0.25) is 0 Å². The van der Waals surface area contributed by atoms with Crippen molar-refractivity contribution in [2.75, 3.05) is 20.5 Å². The molecule has 0 N–H and O–H groups in total. The van der Waals surface area contributed by atoms with Crippen molar-refractivity contribution in [2.45, 2.75) is 6.42 Å². The van der Waals surface area contributed by atoms with Gasteiger partial charge < -0.3 is 0 Å². The molecular formula is C15H14BrFN2O2S. The lowest BCUT2D eigenvalue weighted by Gasteiger charge is -2.21. The Bertz CT molecular complexity index is 798. The monoisotopic (exact) mass is 384 g/mol. The highest BCUT2D eigenvalue weighted by molar-refractivity contribution is 9.09. The number of para-hydroxylation sites is 3. The largest absolute Gasteiger partial charge is 0.331 e. The number of fused-ring (bicyclic) bond motifs is 1. The normalized spacial score (nSPS) is 15.9.